The highest BCUT2D eigenvalue weighted by atomic mass is 35.5. The van der Waals surface area contributed by atoms with Crippen molar-refractivity contribution in [3.05, 3.63) is 40.0 Å². The predicted octanol–water partition coefficient (Wildman–Crippen LogP) is 5.21. The summed E-state index contributed by atoms with van der Waals surface area (Å²) in [6, 6.07) is 5.76. The Morgan fingerprint density at radius 2 is 1.90 bits per heavy atom. The van der Waals surface area contributed by atoms with Crippen molar-refractivity contribution in [2.24, 2.45) is 0 Å². The highest BCUT2D eigenvalue weighted by molar-refractivity contribution is 6.31. The molecule has 108 valence electrons. The quantitative estimate of drug-likeness (QED) is 0.783. The summed E-state index contributed by atoms with van der Waals surface area (Å²) in [7, 11) is 0. The van der Waals surface area contributed by atoms with Crippen LogP contribution in [-0.2, 0) is 11.8 Å². The first kappa shape index (κ1) is 15.0. The Morgan fingerprint density at radius 1 is 1.25 bits per heavy atom. The maximum absolute atomic E-state index is 10.7. The van der Waals surface area contributed by atoms with E-state index in [0.717, 1.165) is 34.5 Å². The molecule has 0 aliphatic heterocycles. The molecule has 2 N–H and O–H groups in total. The Kier molecular flexibility index (Phi) is 3.88. The summed E-state index contributed by atoms with van der Waals surface area (Å²) in [5.41, 5.74) is 4.69. The number of rotatable bonds is 2. The zero-order chi connectivity index (χ0) is 15.1. The van der Waals surface area contributed by atoms with Crippen LogP contribution in [0.1, 0.15) is 44.5 Å². The minimum absolute atomic E-state index is 0.101. The van der Waals surface area contributed by atoms with Gasteiger partial charge in [-0.2, -0.15) is 0 Å². The van der Waals surface area contributed by atoms with Crippen molar-refractivity contribution in [1.82, 2.24) is 4.98 Å². The maximum Gasteiger partial charge on any atom is 0.145 e. The molecule has 0 amide bonds. The van der Waals surface area contributed by atoms with Gasteiger partial charge in [0.25, 0.3) is 0 Å². The van der Waals surface area contributed by atoms with Gasteiger partial charge in [0.15, 0.2) is 0 Å². The average molecular weight is 292 g/mol. The van der Waals surface area contributed by atoms with E-state index >= 15 is 0 Å². The van der Waals surface area contributed by atoms with Crippen LogP contribution in [0.4, 0.5) is 0 Å². The van der Waals surface area contributed by atoms with Crippen molar-refractivity contribution in [1.29, 1.82) is 0 Å². The van der Waals surface area contributed by atoms with Gasteiger partial charge in [-0.05, 0) is 30.4 Å². The summed E-state index contributed by atoms with van der Waals surface area (Å²) in [6.45, 7) is 10.4. The van der Waals surface area contributed by atoms with E-state index in [-0.39, 0.29) is 5.41 Å². The lowest BCUT2D eigenvalue weighted by molar-refractivity contribution is 0.450. The van der Waals surface area contributed by atoms with Gasteiger partial charge in [-0.25, -0.2) is 0 Å². The number of aryl methyl sites for hydroxylation is 1. The number of benzene rings is 1. The average Bonchev–Trinajstić information content (AvgIpc) is 2.69. The number of nitrogens with one attached hydrogen (secondary N) is 1. The van der Waals surface area contributed by atoms with Crippen molar-refractivity contribution in [3.8, 4) is 17.0 Å². The highest BCUT2D eigenvalue weighted by Gasteiger charge is 2.27. The van der Waals surface area contributed by atoms with Crippen LogP contribution in [0.25, 0.3) is 11.3 Å². The Bertz CT molecular complexity index is 635. The maximum atomic E-state index is 10.7. The first-order valence-electron chi connectivity index (χ1n) is 6.97. The molecule has 0 saturated carbocycles. The topological polar surface area (TPSA) is 36.0 Å². The Hall–Kier alpha value is -1.41. The largest absolute Gasteiger partial charge is 0.505 e. The monoisotopic (exact) mass is 291 g/mol. The number of aromatic amines is 1. The van der Waals surface area contributed by atoms with E-state index in [9.17, 15) is 5.11 Å². The standard InChI is InChI=1S/C17H22ClNO/c1-6-13-14(17(3,4)5)16(20)15(19-13)11-8-7-9-12(18)10(11)2/h7-9,19-20H,6H2,1-5H3. The molecule has 2 nitrogen and oxygen atoms in total. The number of hydrogen-bond donors (Lipinski definition) is 2. The van der Waals surface area contributed by atoms with Gasteiger partial charge < -0.3 is 10.1 Å². The molecule has 0 atom stereocenters. The van der Waals surface area contributed by atoms with Gasteiger partial charge in [-0.15, -0.1) is 0 Å². The smallest absolute Gasteiger partial charge is 0.145 e. The Balaban J connectivity index is 2.71. The molecule has 0 radical (unpaired) electrons. The molecular formula is C17H22ClNO. The van der Waals surface area contributed by atoms with Crippen LogP contribution in [0.3, 0.4) is 0 Å². The first-order valence-corrected chi connectivity index (χ1v) is 7.35. The Labute approximate surface area is 125 Å². The van der Waals surface area contributed by atoms with Crippen LogP contribution in [0.15, 0.2) is 18.2 Å². The molecule has 1 aromatic carbocycles. The summed E-state index contributed by atoms with van der Waals surface area (Å²) in [6.07, 6.45) is 0.861. The molecule has 2 rings (SSSR count). The van der Waals surface area contributed by atoms with Crippen molar-refractivity contribution >= 4 is 11.6 Å². The van der Waals surface area contributed by atoms with Gasteiger partial charge in [0.2, 0.25) is 0 Å². The molecule has 0 aliphatic carbocycles. The number of aromatic nitrogens is 1. The van der Waals surface area contributed by atoms with Crippen LogP contribution < -0.4 is 0 Å². The van der Waals surface area contributed by atoms with Crippen LogP contribution in [0.2, 0.25) is 5.02 Å². The number of halogens is 1. The molecule has 1 heterocycles. The molecule has 3 heteroatoms. The van der Waals surface area contributed by atoms with Crippen LogP contribution in [-0.4, -0.2) is 10.1 Å². The summed E-state index contributed by atoms with van der Waals surface area (Å²) in [5.74, 6) is 0.347. The van der Waals surface area contributed by atoms with Crippen molar-refractivity contribution < 1.29 is 5.11 Å². The zero-order valence-electron chi connectivity index (χ0n) is 12.8. The fraction of sp³-hybridized carbons (Fsp3) is 0.412. The van der Waals surface area contributed by atoms with E-state index in [1.54, 1.807) is 0 Å². The fourth-order valence-corrected chi connectivity index (χ4v) is 2.86. The third-order valence-electron chi connectivity index (χ3n) is 3.69. The minimum atomic E-state index is -0.101. The van der Waals surface area contributed by atoms with E-state index in [2.05, 4.69) is 32.7 Å². The number of hydrogen-bond acceptors (Lipinski definition) is 1. The number of aromatic hydroxyl groups is 1. The first-order chi connectivity index (χ1) is 9.27. The highest BCUT2D eigenvalue weighted by Crippen LogP contribution is 2.42. The minimum Gasteiger partial charge on any atom is -0.505 e. The molecule has 0 fully saturated rings. The normalized spacial score (nSPS) is 11.9. The van der Waals surface area contributed by atoms with Gasteiger partial charge in [0.05, 0.1) is 5.69 Å². The molecular weight excluding hydrogens is 270 g/mol. The molecule has 1 aromatic heterocycles. The van der Waals surface area contributed by atoms with Crippen LogP contribution >= 0.6 is 11.6 Å². The van der Waals surface area contributed by atoms with E-state index in [1.807, 2.05) is 25.1 Å². The lowest BCUT2D eigenvalue weighted by atomic mass is 9.85. The molecule has 20 heavy (non-hydrogen) atoms. The van der Waals surface area contributed by atoms with Crippen molar-refractivity contribution in [2.75, 3.05) is 0 Å². The van der Waals surface area contributed by atoms with E-state index in [4.69, 9.17) is 11.6 Å². The molecule has 0 aliphatic rings. The van der Waals surface area contributed by atoms with Gasteiger partial charge in [0, 0.05) is 21.8 Å². The van der Waals surface area contributed by atoms with Gasteiger partial charge in [0.1, 0.15) is 5.75 Å². The Morgan fingerprint density at radius 3 is 2.40 bits per heavy atom. The van der Waals surface area contributed by atoms with E-state index < -0.39 is 0 Å². The van der Waals surface area contributed by atoms with Crippen LogP contribution in [0, 0.1) is 6.92 Å². The second-order valence-corrected chi connectivity index (χ2v) is 6.63. The van der Waals surface area contributed by atoms with Gasteiger partial charge in [-0.3, -0.25) is 0 Å². The van der Waals surface area contributed by atoms with Crippen molar-refractivity contribution in [2.45, 2.75) is 46.5 Å². The summed E-state index contributed by atoms with van der Waals surface area (Å²) in [5, 5.41) is 11.4. The fourth-order valence-electron chi connectivity index (χ4n) is 2.69. The third-order valence-corrected chi connectivity index (χ3v) is 4.10. The van der Waals surface area contributed by atoms with Crippen molar-refractivity contribution in [3.63, 3.8) is 0 Å². The second kappa shape index (κ2) is 5.17. The summed E-state index contributed by atoms with van der Waals surface area (Å²) in [4.78, 5) is 3.38. The van der Waals surface area contributed by atoms with Gasteiger partial charge >= 0.3 is 0 Å². The molecule has 2 aromatic rings. The molecule has 0 unspecified atom stereocenters. The number of H-pyrrole nitrogens is 1. The van der Waals surface area contributed by atoms with E-state index in [1.165, 1.54) is 0 Å². The zero-order valence-corrected chi connectivity index (χ0v) is 13.5. The predicted molar refractivity (Wildman–Crippen MR) is 85.7 cm³/mol. The van der Waals surface area contributed by atoms with E-state index in [0.29, 0.717) is 10.8 Å². The lowest BCUT2D eigenvalue weighted by Crippen LogP contribution is -2.12. The molecule has 0 spiro atoms. The van der Waals surface area contributed by atoms with Crippen LogP contribution in [0.5, 0.6) is 5.75 Å². The lowest BCUT2D eigenvalue weighted by Gasteiger charge is -2.19. The summed E-state index contributed by atoms with van der Waals surface area (Å²) < 4.78 is 0. The van der Waals surface area contributed by atoms with Gasteiger partial charge in [-0.1, -0.05) is 51.4 Å². The second-order valence-electron chi connectivity index (χ2n) is 6.22. The molecule has 0 saturated heterocycles. The third kappa shape index (κ3) is 2.45. The summed E-state index contributed by atoms with van der Waals surface area (Å²) >= 11 is 6.19. The molecule has 0 bridgehead atoms. The SMILES string of the molecule is CCc1[nH]c(-c2cccc(Cl)c2C)c(O)c1C(C)(C)C.